The summed E-state index contributed by atoms with van der Waals surface area (Å²) in [6.07, 6.45) is 5.68. The largest absolute Gasteiger partial charge is 0.106 e. The van der Waals surface area contributed by atoms with Gasteiger partial charge in [0.2, 0.25) is 0 Å². The minimum absolute atomic E-state index is 0.416. The number of allylic oxidation sites excluding steroid dienone is 1. The molecule has 0 radical (unpaired) electrons. The molecule has 0 aromatic heterocycles. The van der Waals surface area contributed by atoms with Crippen molar-refractivity contribution in [2.24, 2.45) is 5.92 Å². The van der Waals surface area contributed by atoms with E-state index in [-0.39, 0.29) is 0 Å². The van der Waals surface area contributed by atoms with Crippen molar-refractivity contribution in [2.75, 3.05) is 0 Å². The summed E-state index contributed by atoms with van der Waals surface area (Å²) in [6, 6.07) is 8.86. The van der Waals surface area contributed by atoms with Crippen LogP contribution in [0.5, 0.6) is 0 Å². The van der Waals surface area contributed by atoms with Gasteiger partial charge in [-0.3, -0.25) is 0 Å². The fourth-order valence-electron chi connectivity index (χ4n) is 2.74. The molecule has 0 amide bonds. The van der Waals surface area contributed by atoms with Crippen LogP contribution in [0.4, 0.5) is 0 Å². The topological polar surface area (TPSA) is 0 Å². The van der Waals surface area contributed by atoms with Gasteiger partial charge in [-0.2, -0.15) is 0 Å². The fourth-order valence-corrected chi connectivity index (χ4v) is 2.74. The van der Waals surface area contributed by atoms with Gasteiger partial charge in [-0.05, 0) is 41.7 Å². The molecule has 106 valence electrons. The molecule has 0 aliphatic heterocycles. The summed E-state index contributed by atoms with van der Waals surface area (Å²) in [6.45, 7) is 18.6. The lowest BCUT2D eigenvalue weighted by Crippen LogP contribution is -2.41. The van der Waals surface area contributed by atoms with Crippen molar-refractivity contribution in [3.05, 3.63) is 61.2 Å². The normalized spacial score (nSPS) is 20.4. The molecule has 2 atom stereocenters. The molecule has 1 aromatic carbocycles. The average molecular weight is 258 g/mol. The van der Waals surface area contributed by atoms with Crippen LogP contribution >= 0.6 is 0 Å². The highest BCUT2D eigenvalue weighted by molar-refractivity contribution is 5.44. The minimum atomic E-state index is 0.416. The van der Waals surface area contributed by atoms with Crippen LogP contribution in [0.1, 0.15) is 51.7 Å². The lowest BCUT2D eigenvalue weighted by Gasteiger charge is -2.46. The van der Waals surface area contributed by atoms with Gasteiger partial charge in [0.25, 0.3) is 0 Å². The average Bonchev–Trinajstić information content (AvgIpc) is 2.47. The monoisotopic (exact) mass is 258 g/mol. The van der Waals surface area contributed by atoms with Crippen LogP contribution in [-0.2, 0) is 11.8 Å². The predicted molar refractivity (Wildman–Crippen MR) is 88.7 cm³/mol. The van der Waals surface area contributed by atoms with Crippen LogP contribution in [0, 0.1) is 5.92 Å². The first-order valence-electron chi connectivity index (χ1n) is 7.38. The van der Waals surface area contributed by atoms with E-state index in [1.54, 1.807) is 11.1 Å². The van der Waals surface area contributed by atoms with Crippen LogP contribution in [-0.4, -0.2) is 0 Å². The van der Waals surface area contributed by atoms with Crippen LogP contribution < -0.4 is 0 Å². The van der Waals surface area contributed by atoms with E-state index in [1.807, 2.05) is 19.9 Å². The van der Waals surface area contributed by atoms with Gasteiger partial charge >= 0.3 is 0 Å². The van der Waals surface area contributed by atoms with Gasteiger partial charge in [0.05, 0.1) is 0 Å². The van der Waals surface area contributed by atoms with Gasteiger partial charge in [0, 0.05) is 0 Å². The first kappa shape index (κ1) is 17.7. The van der Waals surface area contributed by atoms with Crippen molar-refractivity contribution in [3.8, 4) is 0 Å². The molecular formula is C19H30. The molecule has 0 heterocycles. The van der Waals surface area contributed by atoms with Gasteiger partial charge in [-0.15, -0.1) is 19.7 Å². The third-order valence-electron chi connectivity index (χ3n) is 4.08. The second-order valence-electron chi connectivity index (χ2n) is 5.02. The summed E-state index contributed by atoms with van der Waals surface area (Å²) in [7, 11) is 0. The molecule has 0 nitrogen and oxygen atoms in total. The van der Waals surface area contributed by atoms with Crippen LogP contribution in [0.25, 0.3) is 0 Å². The van der Waals surface area contributed by atoms with E-state index in [1.165, 1.54) is 12.8 Å². The summed E-state index contributed by atoms with van der Waals surface area (Å²) >= 11 is 0. The summed E-state index contributed by atoms with van der Waals surface area (Å²) in [5, 5.41) is 0. The highest BCUT2D eigenvalue weighted by Gasteiger charge is 2.41. The standard InChI is InChI=1S/C15H20.C2H6.C2H4/c1-4-5-8-12(2)15(3)11-13-9-6-7-10-14(13)15;2*1-2/h4,6-7,9-10,12H,1,5,8,11H2,2-3H3;1-2H3;1-2H2. The van der Waals surface area contributed by atoms with Gasteiger partial charge in [-0.1, -0.05) is 58.0 Å². The molecule has 0 heteroatoms. The molecule has 0 N–H and O–H groups in total. The third-order valence-corrected chi connectivity index (χ3v) is 4.08. The highest BCUT2D eigenvalue weighted by Crippen LogP contribution is 2.47. The highest BCUT2D eigenvalue weighted by atomic mass is 14.4. The predicted octanol–water partition coefficient (Wildman–Crippen LogP) is 5.93. The Kier molecular flexibility index (Phi) is 8.14. The molecule has 0 bridgehead atoms. The molecule has 2 unspecified atom stereocenters. The smallest absolute Gasteiger partial charge is 0.000640 e. The van der Waals surface area contributed by atoms with Crippen molar-refractivity contribution in [1.29, 1.82) is 0 Å². The Labute approximate surface area is 120 Å². The van der Waals surface area contributed by atoms with E-state index >= 15 is 0 Å². The van der Waals surface area contributed by atoms with E-state index in [0.29, 0.717) is 5.41 Å². The number of hydrogen-bond acceptors (Lipinski definition) is 0. The Bertz CT molecular complexity index is 377. The Morgan fingerprint density at radius 3 is 2.37 bits per heavy atom. The Morgan fingerprint density at radius 1 is 1.26 bits per heavy atom. The van der Waals surface area contributed by atoms with Crippen molar-refractivity contribution in [2.45, 2.75) is 52.4 Å². The van der Waals surface area contributed by atoms with Crippen molar-refractivity contribution in [1.82, 2.24) is 0 Å². The number of benzene rings is 1. The zero-order chi connectivity index (χ0) is 14.9. The minimum Gasteiger partial charge on any atom is -0.106 e. The lowest BCUT2D eigenvalue weighted by atomic mass is 9.58. The van der Waals surface area contributed by atoms with Gasteiger partial charge in [0.1, 0.15) is 0 Å². The zero-order valence-electron chi connectivity index (χ0n) is 13.2. The van der Waals surface area contributed by atoms with Gasteiger partial charge < -0.3 is 0 Å². The molecule has 0 fully saturated rings. The Hall–Kier alpha value is -1.30. The van der Waals surface area contributed by atoms with E-state index < -0.39 is 0 Å². The summed E-state index contributed by atoms with van der Waals surface area (Å²) < 4.78 is 0. The molecule has 1 aromatic rings. The van der Waals surface area contributed by atoms with E-state index in [9.17, 15) is 0 Å². The van der Waals surface area contributed by atoms with E-state index in [2.05, 4.69) is 57.8 Å². The Morgan fingerprint density at radius 2 is 1.84 bits per heavy atom. The van der Waals surface area contributed by atoms with Gasteiger partial charge in [0.15, 0.2) is 0 Å². The van der Waals surface area contributed by atoms with Crippen LogP contribution in [0.3, 0.4) is 0 Å². The van der Waals surface area contributed by atoms with Crippen molar-refractivity contribution >= 4 is 0 Å². The summed E-state index contributed by atoms with van der Waals surface area (Å²) in [5.41, 5.74) is 3.53. The maximum Gasteiger partial charge on any atom is -0.000640 e. The van der Waals surface area contributed by atoms with Crippen molar-refractivity contribution < 1.29 is 0 Å². The molecule has 0 spiro atoms. The second kappa shape index (κ2) is 8.74. The van der Waals surface area contributed by atoms with E-state index in [4.69, 9.17) is 0 Å². The van der Waals surface area contributed by atoms with E-state index in [0.717, 1.165) is 12.3 Å². The maximum absolute atomic E-state index is 3.80. The van der Waals surface area contributed by atoms with Gasteiger partial charge in [-0.25, -0.2) is 0 Å². The zero-order valence-corrected chi connectivity index (χ0v) is 13.2. The molecule has 0 saturated carbocycles. The molecule has 1 aliphatic carbocycles. The maximum atomic E-state index is 3.80. The quantitative estimate of drug-likeness (QED) is 0.587. The third kappa shape index (κ3) is 3.83. The summed E-state index contributed by atoms with van der Waals surface area (Å²) in [4.78, 5) is 0. The second-order valence-corrected chi connectivity index (χ2v) is 5.02. The van der Waals surface area contributed by atoms with Crippen LogP contribution in [0.2, 0.25) is 0 Å². The molecular weight excluding hydrogens is 228 g/mol. The fraction of sp³-hybridized carbons (Fsp3) is 0.474. The SMILES string of the molecule is C=C.C=CCCC(C)C1(C)Cc2ccccc21.CC. The molecule has 1 aliphatic rings. The number of hydrogen-bond donors (Lipinski definition) is 0. The number of fused-ring (bicyclic) bond motifs is 1. The molecule has 0 saturated heterocycles. The molecule has 2 rings (SSSR count). The summed E-state index contributed by atoms with van der Waals surface area (Å²) in [5.74, 6) is 0.755. The van der Waals surface area contributed by atoms with Crippen LogP contribution in [0.15, 0.2) is 50.1 Å². The Balaban J connectivity index is 0.000000741. The van der Waals surface area contributed by atoms with Crippen molar-refractivity contribution in [3.63, 3.8) is 0 Å². The first-order chi connectivity index (χ1) is 9.18. The molecule has 19 heavy (non-hydrogen) atoms. The lowest BCUT2D eigenvalue weighted by molar-refractivity contribution is 0.260. The number of rotatable bonds is 4. The first-order valence-corrected chi connectivity index (χ1v) is 7.38.